The van der Waals surface area contributed by atoms with E-state index in [0.29, 0.717) is 16.0 Å². The predicted molar refractivity (Wildman–Crippen MR) is 131 cm³/mol. The Balaban J connectivity index is 1.96. The second kappa shape index (κ2) is 11.2. The van der Waals surface area contributed by atoms with Crippen LogP contribution in [0.4, 0.5) is 10.1 Å². The van der Waals surface area contributed by atoms with E-state index in [1.54, 1.807) is 37.4 Å². The maximum absolute atomic E-state index is 13.9. The molecule has 0 aliphatic rings. The van der Waals surface area contributed by atoms with Crippen LogP contribution >= 0.6 is 30.5 Å². The topological polar surface area (TPSA) is 108 Å². The van der Waals surface area contributed by atoms with Gasteiger partial charge < -0.3 is 14.4 Å². The summed E-state index contributed by atoms with van der Waals surface area (Å²) >= 11 is 7.51. The predicted octanol–water partition coefficient (Wildman–Crippen LogP) is 6.70. The maximum atomic E-state index is 13.9. The van der Waals surface area contributed by atoms with Gasteiger partial charge in [0.05, 0.1) is 18.1 Å². The standard InChI is InChI=1S/C22H21ClFN2O6PS/c1-3-31-33(30,32-4-2)21(17-13-34-20-8-6-15(23)12-16(17)20)22(27)25-10-9-14-5-7-19(26(28)29)18(24)11-14/h5-13,21H,3-4H2,1-2H3,(H,25,27). The molecule has 0 fully saturated rings. The molecule has 0 aliphatic heterocycles. The van der Waals surface area contributed by atoms with E-state index in [1.165, 1.54) is 29.7 Å². The summed E-state index contributed by atoms with van der Waals surface area (Å²) in [7, 11) is -3.95. The molecule has 0 radical (unpaired) electrons. The Morgan fingerprint density at radius 1 is 1.26 bits per heavy atom. The number of nitro benzene ring substituents is 1. The van der Waals surface area contributed by atoms with Gasteiger partial charge in [-0.2, -0.15) is 4.39 Å². The first-order valence-corrected chi connectivity index (χ1v) is 13.0. The number of carbonyl (C=O) groups excluding carboxylic acids is 1. The number of rotatable bonds is 10. The number of amides is 1. The number of hydrogen-bond donors (Lipinski definition) is 1. The molecule has 0 saturated carbocycles. The van der Waals surface area contributed by atoms with Gasteiger partial charge in [-0.3, -0.25) is 19.5 Å². The van der Waals surface area contributed by atoms with Crippen molar-refractivity contribution in [2.24, 2.45) is 0 Å². The van der Waals surface area contributed by atoms with Gasteiger partial charge >= 0.3 is 13.3 Å². The van der Waals surface area contributed by atoms with Crippen molar-refractivity contribution in [1.29, 1.82) is 0 Å². The summed E-state index contributed by atoms with van der Waals surface area (Å²) in [5, 5.41) is 16.1. The zero-order chi connectivity index (χ0) is 24.9. The lowest BCUT2D eigenvalue weighted by Gasteiger charge is -2.25. The van der Waals surface area contributed by atoms with Crippen molar-refractivity contribution in [2.45, 2.75) is 19.5 Å². The number of hydrogen-bond acceptors (Lipinski definition) is 7. The molecule has 1 heterocycles. The molecule has 2 aromatic carbocycles. The summed E-state index contributed by atoms with van der Waals surface area (Å²) in [4.78, 5) is 23.2. The monoisotopic (exact) mass is 526 g/mol. The van der Waals surface area contributed by atoms with Crippen molar-refractivity contribution in [3.8, 4) is 0 Å². The fraction of sp³-hybridized carbons (Fsp3) is 0.227. The van der Waals surface area contributed by atoms with Crippen LogP contribution in [0.2, 0.25) is 5.02 Å². The Hall–Kier alpha value is -2.62. The molecule has 1 aromatic heterocycles. The number of fused-ring (bicyclic) bond motifs is 1. The minimum Gasteiger partial charge on any atom is -0.332 e. The average molecular weight is 527 g/mol. The molecule has 0 saturated heterocycles. The van der Waals surface area contributed by atoms with Gasteiger partial charge in [0.1, 0.15) is 0 Å². The van der Waals surface area contributed by atoms with Crippen molar-refractivity contribution >= 4 is 58.3 Å². The molecule has 0 aliphatic carbocycles. The highest BCUT2D eigenvalue weighted by Crippen LogP contribution is 2.62. The number of nitrogens with zero attached hydrogens (tertiary/aromatic N) is 1. The van der Waals surface area contributed by atoms with Crippen molar-refractivity contribution in [3.05, 3.63) is 80.1 Å². The Morgan fingerprint density at radius 2 is 1.97 bits per heavy atom. The highest BCUT2D eigenvalue weighted by atomic mass is 35.5. The average Bonchev–Trinajstić information content (AvgIpc) is 3.16. The Bertz CT molecular complexity index is 1290. The summed E-state index contributed by atoms with van der Waals surface area (Å²) in [6.07, 6.45) is 2.59. The van der Waals surface area contributed by atoms with Crippen molar-refractivity contribution in [3.63, 3.8) is 0 Å². The van der Waals surface area contributed by atoms with Gasteiger partial charge in [-0.1, -0.05) is 11.6 Å². The first-order valence-electron chi connectivity index (χ1n) is 10.2. The molecule has 180 valence electrons. The van der Waals surface area contributed by atoms with Gasteiger partial charge in [-0.15, -0.1) is 11.3 Å². The van der Waals surface area contributed by atoms with E-state index >= 15 is 0 Å². The molecule has 34 heavy (non-hydrogen) atoms. The van der Waals surface area contributed by atoms with Gasteiger partial charge in [0.25, 0.3) is 0 Å². The maximum Gasteiger partial charge on any atom is 0.347 e. The summed E-state index contributed by atoms with van der Waals surface area (Å²) in [5.74, 6) is -1.67. The molecular weight excluding hydrogens is 506 g/mol. The molecule has 12 heteroatoms. The largest absolute Gasteiger partial charge is 0.347 e. The Kier molecular flexibility index (Phi) is 8.57. The zero-order valence-corrected chi connectivity index (χ0v) is 20.7. The van der Waals surface area contributed by atoms with E-state index in [0.717, 1.165) is 16.8 Å². The van der Waals surface area contributed by atoms with Gasteiger partial charge in [0.2, 0.25) is 11.7 Å². The minimum absolute atomic E-state index is 0.0573. The van der Waals surface area contributed by atoms with Crippen LogP contribution in [0.25, 0.3) is 16.2 Å². The van der Waals surface area contributed by atoms with E-state index in [2.05, 4.69) is 5.32 Å². The fourth-order valence-electron chi connectivity index (χ4n) is 3.31. The molecule has 3 aromatic rings. The lowest BCUT2D eigenvalue weighted by Crippen LogP contribution is -2.26. The van der Waals surface area contributed by atoms with Crippen LogP contribution in [0.15, 0.2) is 48.0 Å². The Labute approximate surface area is 204 Å². The highest BCUT2D eigenvalue weighted by Gasteiger charge is 2.43. The lowest BCUT2D eigenvalue weighted by molar-refractivity contribution is -0.387. The molecule has 1 atom stereocenters. The normalized spacial score (nSPS) is 12.8. The minimum atomic E-state index is -3.95. The zero-order valence-electron chi connectivity index (χ0n) is 18.2. The summed E-state index contributed by atoms with van der Waals surface area (Å²) in [6, 6.07) is 8.53. The quantitative estimate of drug-likeness (QED) is 0.179. The van der Waals surface area contributed by atoms with E-state index in [9.17, 15) is 23.9 Å². The van der Waals surface area contributed by atoms with Crippen LogP contribution in [0.1, 0.15) is 30.6 Å². The Morgan fingerprint density at radius 3 is 2.59 bits per heavy atom. The third-order valence-corrected chi connectivity index (χ3v) is 8.31. The molecule has 0 bridgehead atoms. The molecule has 1 N–H and O–H groups in total. The van der Waals surface area contributed by atoms with Crippen LogP contribution in [0.3, 0.4) is 0 Å². The molecule has 8 nitrogen and oxygen atoms in total. The van der Waals surface area contributed by atoms with E-state index in [4.69, 9.17) is 20.6 Å². The third-order valence-electron chi connectivity index (χ3n) is 4.71. The summed E-state index contributed by atoms with van der Waals surface area (Å²) < 4.78 is 39.4. The van der Waals surface area contributed by atoms with Crippen LogP contribution in [0, 0.1) is 15.9 Å². The number of nitro groups is 1. The first kappa shape index (κ1) is 26.0. The van der Waals surface area contributed by atoms with Crippen molar-refractivity contribution < 1.29 is 27.7 Å². The molecule has 1 amide bonds. The van der Waals surface area contributed by atoms with Gasteiger partial charge in [-0.05, 0) is 72.1 Å². The van der Waals surface area contributed by atoms with Gasteiger partial charge in [0, 0.05) is 22.0 Å². The molecule has 3 rings (SSSR count). The van der Waals surface area contributed by atoms with E-state index < -0.39 is 35.6 Å². The van der Waals surface area contributed by atoms with E-state index in [-0.39, 0.29) is 18.8 Å². The highest BCUT2D eigenvalue weighted by molar-refractivity contribution is 7.55. The number of thiophene rings is 1. The second-order valence-electron chi connectivity index (χ2n) is 6.92. The second-order valence-corrected chi connectivity index (χ2v) is 10.4. The van der Waals surface area contributed by atoms with Crippen molar-refractivity contribution in [1.82, 2.24) is 5.32 Å². The number of nitrogens with one attached hydrogen (secondary N) is 1. The van der Waals surface area contributed by atoms with Crippen molar-refractivity contribution in [2.75, 3.05) is 13.2 Å². The van der Waals surface area contributed by atoms with Gasteiger partial charge in [0.15, 0.2) is 5.66 Å². The van der Waals surface area contributed by atoms with Crippen LogP contribution in [-0.4, -0.2) is 24.0 Å². The number of halogens is 2. The molecule has 1 unspecified atom stereocenters. The molecule has 0 spiro atoms. The first-order chi connectivity index (χ1) is 16.2. The van der Waals surface area contributed by atoms with Crippen LogP contribution < -0.4 is 5.32 Å². The smallest absolute Gasteiger partial charge is 0.332 e. The van der Waals surface area contributed by atoms with Crippen LogP contribution in [-0.2, 0) is 18.4 Å². The molecular formula is C22H21ClFN2O6PS. The van der Waals surface area contributed by atoms with E-state index in [1.807, 2.05) is 0 Å². The van der Waals surface area contributed by atoms with Gasteiger partial charge in [-0.25, -0.2) is 0 Å². The summed E-state index contributed by atoms with van der Waals surface area (Å²) in [5.41, 5.74) is -1.22. The summed E-state index contributed by atoms with van der Waals surface area (Å²) in [6.45, 7) is 3.40. The van der Waals surface area contributed by atoms with Crippen LogP contribution in [0.5, 0.6) is 0 Å². The SMILES string of the molecule is CCOP(=O)(OCC)C(C(=O)NC=Cc1ccc([N+](=O)[O-])c(F)c1)c1csc2ccc(Cl)cc12. The number of benzene rings is 2. The third kappa shape index (κ3) is 5.71. The lowest BCUT2D eigenvalue weighted by atomic mass is 10.1. The fourth-order valence-corrected chi connectivity index (χ4v) is 6.56. The number of carbonyl (C=O) groups is 1.